The summed E-state index contributed by atoms with van der Waals surface area (Å²) in [5.74, 6) is 0.934. The first-order valence-corrected chi connectivity index (χ1v) is 12.7. The van der Waals surface area contributed by atoms with Crippen LogP contribution in [0.5, 0.6) is 11.5 Å². The summed E-state index contributed by atoms with van der Waals surface area (Å²) in [6, 6.07) is 12.1. The van der Waals surface area contributed by atoms with Gasteiger partial charge in [-0.25, -0.2) is 8.42 Å². The lowest BCUT2D eigenvalue weighted by molar-refractivity contribution is -0.133. The molecule has 180 valence electrons. The number of nitrogens with zero attached hydrogens (tertiary/aromatic N) is 3. The van der Waals surface area contributed by atoms with E-state index in [0.29, 0.717) is 39.3 Å². The highest BCUT2D eigenvalue weighted by atomic mass is 35.5. The standard InChI is InChI=1S/C23H30ClN3O5S/c1-4-27(5-2)33(29,30)18-10-11-21(19(24)16-18)32-17-23(28)26-14-12-25(13-15-26)20-8-6-7-9-22(20)31-3/h6-11,16H,4-5,12-15,17H2,1-3H3. The van der Waals surface area contributed by atoms with Crippen molar-refractivity contribution in [3.8, 4) is 11.5 Å². The molecule has 3 rings (SSSR count). The summed E-state index contributed by atoms with van der Waals surface area (Å²) in [5, 5.41) is 0.150. The molecule has 0 saturated carbocycles. The maximum absolute atomic E-state index is 12.7. The first-order valence-electron chi connectivity index (χ1n) is 10.9. The smallest absolute Gasteiger partial charge is 0.260 e. The molecule has 0 atom stereocenters. The molecule has 1 saturated heterocycles. The maximum atomic E-state index is 12.7. The topological polar surface area (TPSA) is 79.4 Å². The number of methoxy groups -OCH3 is 1. The lowest BCUT2D eigenvalue weighted by atomic mass is 10.2. The minimum absolute atomic E-state index is 0.0994. The summed E-state index contributed by atoms with van der Waals surface area (Å²) in [7, 11) is -1.97. The zero-order valence-electron chi connectivity index (χ0n) is 19.2. The van der Waals surface area contributed by atoms with Crippen LogP contribution in [-0.4, -0.2) is 76.5 Å². The van der Waals surface area contributed by atoms with Gasteiger partial charge in [0.05, 0.1) is 22.7 Å². The molecule has 2 aromatic rings. The van der Waals surface area contributed by atoms with E-state index in [1.807, 2.05) is 24.3 Å². The van der Waals surface area contributed by atoms with Gasteiger partial charge in [-0.15, -0.1) is 0 Å². The van der Waals surface area contributed by atoms with Gasteiger partial charge in [-0.05, 0) is 30.3 Å². The van der Waals surface area contributed by atoms with Crippen LogP contribution in [0, 0.1) is 0 Å². The summed E-state index contributed by atoms with van der Waals surface area (Å²) in [6.07, 6.45) is 0. The summed E-state index contributed by atoms with van der Waals surface area (Å²) >= 11 is 6.26. The molecule has 1 heterocycles. The van der Waals surface area contributed by atoms with Crippen molar-refractivity contribution in [2.75, 3.05) is 57.9 Å². The Morgan fingerprint density at radius 1 is 1.03 bits per heavy atom. The minimum atomic E-state index is -3.62. The Kier molecular flexibility index (Phi) is 8.45. The van der Waals surface area contributed by atoms with Crippen LogP contribution in [0.2, 0.25) is 5.02 Å². The highest BCUT2D eigenvalue weighted by molar-refractivity contribution is 7.89. The number of ether oxygens (including phenoxy) is 2. The number of para-hydroxylation sites is 2. The second-order valence-electron chi connectivity index (χ2n) is 7.51. The summed E-state index contributed by atoms with van der Waals surface area (Å²) < 4.78 is 37.7. The van der Waals surface area contributed by atoms with E-state index < -0.39 is 10.0 Å². The van der Waals surface area contributed by atoms with Crippen LogP contribution < -0.4 is 14.4 Å². The third-order valence-electron chi connectivity index (χ3n) is 5.66. The van der Waals surface area contributed by atoms with Gasteiger partial charge in [0.15, 0.2) is 6.61 Å². The molecule has 33 heavy (non-hydrogen) atoms. The number of piperazine rings is 1. The fourth-order valence-corrected chi connectivity index (χ4v) is 5.57. The van der Waals surface area contributed by atoms with Crippen molar-refractivity contribution in [1.82, 2.24) is 9.21 Å². The van der Waals surface area contributed by atoms with Gasteiger partial charge in [-0.3, -0.25) is 4.79 Å². The van der Waals surface area contributed by atoms with Crippen molar-refractivity contribution in [3.63, 3.8) is 0 Å². The normalized spacial score (nSPS) is 14.5. The first-order chi connectivity index (χ1) is 15.8. The molecule has 1 aliphatic rings. The fourth-order valence-electron chi connectivity index (χ4n) is 3.79. The second kappa shape index (κ2) is 11.1. The molecule has 0 radical (unpaired) electrons. The Labute approximate surface area is 200 Å². The zero-order valence-corrected chi connectivity index (χ0v) is 20.7. The number of halogens is 1. The van der Waals surface area contributed by atoms with Gasteiger partial charge in [0.25, 0.3) is 5.91 Å². The Balaban J connectivity index is 1.57. The summed E-state index contributed by atoms with van der Waals surface area (Å²) in [4.78, 5) is 16.7. The third-order valence-corrected chi connectivity index (χ3v) is 8.00. The molecule has 1 amide bonds. The molecule has 10 heteroatoms. The quantitative estimate of drug-likeness (QED) is 0.532. The number of hydrogen-bond donors (Lipinski definition) is 0. The van der Waals surface area contributed by atoms with E-state index in [1.165, 1.54) is 22.5 Å². The molecule has 0 aliphatic carbocycles. The molecule has 0 unspecified atom stereocenters. The average Bonchev–Trinajstić information content (AvgIpc) is 2.83. The zero-order chi connectivity index (χ0) is 24.0. The van der Waals surface area contributed by atoms with Crippen LogP contribution in [0.25, 0.3) is 0 Å². The van der Waals surface area contributed by atoms with Gasteiger partial charge in [0.1, 0.15) is 11.5 Å². The van der Waals surface area contributed by atoms with Crippen LogP contribution in [0.4, 0.5) is 5.69 Å². The molecular formula is C23H30ClN3O5S. The van der Waals surface area contributed by atoms with Gasteiger partial charge in [-0.1, -0.05) is 37.6 Å². The van der Waals surface area contributed by atoms with Crippen molar-refractivity contribution < 1.29 is 22.7 Å². The van der Waals surface area contributed by atoms with E-state index >= 15 is 0 Å². The SMILES string of the molecule is CCN(CC)S(=O)(=O)c1ccc(OCC(=O)N2CCN(c3ccccc3OC)CC2)c(Cl)c1. The van der Waals surface area contributed by atoms with E-state index in [-0.39, 0.29) is 28.2 Å². The van der Waals surface area contributed by atoms with Crippen LogP contribution in [0.3, 0.4) is 0 Å². The third kappa shape index (κ3) is 5.72. The van der Waals surface area contributed by atoms with Crippen LogP contribution >= 0.6 is 11.6 Å². The van der Waals surface area contributed by atoms with Crippen LogP contribution in [0.15, 0.2) is 47.4 Å². The lowest BCUT2D eigenvalue weighted by Gasteiger charge is -2.36. The Morgan fingerprint density at radius 2 is 1.70 bits per heavy atom. The van der Waals surface area contributed by atoms with E-state index in [9.17, 15) is 13.2 Å². The molecule has 0 spiro atoms. The van der Waals surface area contributed by atoms with E-state index in [1.54, 1.807) is 25.9 Å². The number of hydrogen-bond acceptors (Lipinski definition) is 6. The minimum Gasteiger partial charge on any atom is -0.495 e. The Hall–Kier alpha value is -2.49. The van der Waals surface area contributed by atoms with Crippen molar-refractivity contribution in [1.29, 1.82) is 0 Å². The molecule has 1 fully saturated rings. The molecule has 0 aromatic heterocycles. The number of sulfonamides is 1. The average molecular weight is 496 g/mol. The molecule has 2 aromatic carbocycles. The van der Waals surface area contributed by atoms with Gasteiger partial charge in [0, 0.05) is 39.3 Å². The lowest BCUT2D eigenvalue weighted by Crippen LogP contribution is -2.50. The van der Waals surface area contributed by atoms with E-state index in [2.05, 4.69) is 4.90 Å². The Bertz CT molecular complexity index is 1070. The van der Waals surface area contributed by atoms with E-state index in [0.717, 1.165) is 11.4 Å². The molecular weight excluding hydrogens is 466 g/mol. The fraction of sp³-hybridized carbons (Fsp3) is 0.435. The summed E-state index contributed by atoms with van der Waals surface area (Å²) in [6.45, 7) is 6.63. The largest absolute Gasteiger partial charge is 0.495 e. The number of anilines is 1. The number of amides is 1. The number of benzene rings is 2. The number of carbonyl (C=O) groups excluding carboxylic acids is 1. The van der Waals surface area contributed by atoms with Gasteiger partial charge in [0.2, 0.25) is 10.0 Å². The molecule has 0 bridgehead atoms. The van der Waals surface area contributed by atoms with Gasteiger partial charge in [-0.2, -0.15) is 4.31 Å². The molecule has 8 nitrogen and oxygen atoms in total. The monoisotopic (exact) mass is 495 g/mol. The molecule has 1 aliphatic heterocycles. The van der Waals surface area contributed by atoms with Crippen LogP contribution in [-0.2, 0) is 14.8 Å². The van der Waals surface area contributed by atoms with Gasteiger partial charge < -0.3 is 19.3 Å². The Morgan fingerprint density at radius 3 is 2.30 bits per heavy atom. The predicted octanol–water partition coefficient (Wildman–Crippen LogP) is 3.11. The van der Waals surface area contributed by atoms with E-state index in [4.69, 9.17) is 21.1 Å². The highest BCUT2D eigenvalue weighted by Gasteiger charge is 2.25. The van der Waals surface area contributed by atoms with Crippen molar-refractivity contribution in [2.24, 2.45) is 0 Å². The van der Waals surface area contributed by atoms with Gasteiger partial charge >= 0.3 is 0 Å². The maximum Gasteiger partial charge on any atom is 0.260 e. The van der Waals surface area contributed by atoms with Crippen molar-refractivity contribution in [3.05, 3.63) is 47.5 Å². The number of rotatable bonds is 9. The predicted molar refractivity (Wildman–Crippen MR) is 129 cm³/mol. The first kappa shape index (κ1) is 25.1. The van der Waals surface area contributed by atoms with Crippen molar-refractivity contribution >= 4 is 33.2 Å². The second-order valence-corrected chi connectivity index (χ2v) is 9.86. The van der Waals surface area contributed by atoms with Crippen molar-refractivity contribution in [2.45, 2.75) is 18.7 Å². The molecule has 0 N–H and O–H groups in total. The van der Waals surface area contributed by atoms with Crippen LogP contribution in [0.1, 0.15) is 13.8 Å². The highest BCUT2D eigenvalue weighted by Crippen LogP contribution is 2.30. The number of carbonyl (C=O) groups is 1. The summed E-state index contributed by atoms with van der Waals surface area (Å²) in [5.41, 5.74) is 1.01.